The van der Waals surface area contributed by atoms with E-state index in [-0.39, 0.29) is 0 Å². The normalized spacial score (nSPS) is 13.9. The van der Waals surface area contributed by atoms with Gasteiger partial charge in [0.15, 0.2) is 0 Å². The van der Waals surface area contributed by atoms with Gasteiger partial charge in [-0.1, -0.05) is 0 Å². The van der Waals surface area contributed by atoms with Gasteiger partial charge in [0.2, 0.25) is 0 Å². The van der Waals surface area contributed by atoms with Crippen molar-refractivity contribution < 1.29 is 0 Å². The second-order valence-corrected chi connectivity index (χ2v) is 11.9. The summed E-state index contributed by atoms with van der Waals surface area (Å²) in [4.78, 5) is 0. The molecule has 0 nitrogen and oxygen atoms in total. The first kappa shape index (κ1) is 12.3. The van der Waals surface area contributed by atoms with Crippen molar-refractivity contribution in [2.24, 2.45) is 0 Å². The Kier molecular flexibility index (Phi) is 3.10. The molecular formula is C16H21P. The molecule has 2 rings (SSSR count). The fraction of sp³-hybridized carbons (Fsp3) is 0.250. The standard InChI is InChI=1S/C16H21P/c1-4-17(2,3,15-11-7-5-8-12-15)16-13-9-6-10-14-16/h5-14H,4H2,1-3H3. The molecule has 0 amide bonds. The fourth-order valence-electron chi connectivity index (χ4n) is 2.33. The van der Waals surface area contributed by atoms with Gasteiger partial charge in [-0.25, -0.2) is 0 Å². The van der Waals surface area contributed by atoms with E-state index < -0.39 is 6.60 Å². The summed E-state index contributed by atoms with van der Waals surface area (Å²) in [5, 5.41) is 3.01. The van der Waals surface area contributed by atoms with E-state index in [0.717, 1.165) is 0 Å². The number of rotatable bonds is 3. The fourth-order valence-corrected chi connectivity index (χ4v) is 5.61. The van der Waals surface area contributed by atoms with Gasteiger partial charge in [0.1, 0.15) is 0 Å². The summed E-state index contributed by atoms with van der Waals surface area (Å²) in [5.41, 5.74) is 0. The Bertz CT molecular complexity index is 442. The molecule has 1 heteroatoms. The summed E-state index contributed by atoms with van der Waals surface area (Å²) in [6, 6.07) is 22.0. The maximum atomic E-state index is 2.47. The summed E-state index contributed by atoms with van der Waals surface area (Å²) in [6.45, 7) is 5.30. The van der Waals surface area contributed by atoms with Crippen LogP contribution in [0.4, 0.5) is 0 Å². The van der Waals surface area contributed by atoms with E-state index in [9.17, 15) is 0 Å². The molecule has 0 heterocycles. The van der Waals surface area contributed by atoms with E-state index in [2.05, 4.69) is 80.9 Å². The monoisotopic (exact) mass is 244 g/mol. The predicted octanol–water partition coefficient (Wildman–Crippen LogP) is 3.47. The number of hydrogen-bond acceptors (Lipinski definition) is 0. The molecular weight excluding hydrogens is 223 g/mol. The minimum absolute atomic E-state index is 1.21. The van der Waals surface area contributed by atoms with Crippen LogP contribution in [0.15, 0.2) is 60.7 Å². The van der Waals surface area contributed by atoms with Crippen molar-refractivity contribution in [3.8, 4) is 0 Å². The van der Waals surface area contributed by atoms with Gasteiger partial charge >= 0.3 is 104 Å². The van der Waals surface area contributed by atoms with Gasteiger partial charge in [-0.05, 0) is 0 Å². The molecule has 2 aromatic rings. The second kappa shape index (κ2) is 4.27. The van der Waals surface area contributed by atoms with Crippen molar-refractivity contribution in [2.75, 3.05) is 19.5 Å². The van der Waals surface area contributed by atoms with Crippen LogP contribution in [0.25, 0.3) is 0 Å². The minimum atomic E-state index is -1.96. The maximum absolute atomic E-state index is 2.47. The van der Waals surface area contributed by atoms with Crippen LogP contribution >= 0.6 is 6.60 Å². The van der Waals surface area contributed by atoms with Gasteiger partial charge in [0.05, 0.1) is 0 Å². The van der Waals surface area contributed by atoms with Crippen LogP contribution in [0.2, 0.25) is 0 Å². The van der Waals surface area contributed by atoms with Crippen molar-refractivity contribution in [1.82, 2.24) is 0 Å². The van der Waals surface area contributed by atoms with E-state index in [1.807, 2.05) is 0 Å². The Morgan fingerprint density at radius 3 is 1.35 bits per heavy atom. The molecule has 0 radical (unpaired) electrons. The molecule has 0 N–H and O–H groups in total. The molecule has 0 saturated carbocycles. The molecule has 0 aromatic heterocycles. The van der Waals surface area contributed by atoms with Gasteiger partial charge in [-0.15, -0.1) is 0 Å². The quantitative estimate of drug-likeness (QED) is 0.725. The Labute approximate surface area is 105 Å². The van der Waals surface area contributed by atoms with Crippen LogP contribution in [-0.2, 0) is 0 Å². The van der Waals surface area contributed by atoms with Crippen molar-refractivity contribution in [1.29, 1.82) is 0 Å². The Morgan fingerprint density at radius 2 is 1.06 bits per heavy atom. The van der Waals surface area contributed by atoms with Gasteiger partial charge in [0, 0.05) is 0 Å². The molecule has 0 aliphatic rings. The van der Waals surface area contributed by atoms with E-state index >= 15 is 0 Å². The van der Waals surface area contributed by atoms with Crippen molar-refractivity contribution in [2.45, 2.75) is 6.92 Å². The third kappa shape index (κ3) is 2.03. The van der Waals surface area contributed by atoms with Crippen LogP contribution in [-0.4, -0.2) is 19.5 Å². The summed E-state index contributed by atoms with van der Waals surface area (Å²) < 4.78 is 0. The third-order valence-corrected chi connectivity index (χ3v) is 9.92. The molecule has 2 aromatic carbocycles. The van der Waals surface area contributed by atoms with E-state index in [1.54, 1.807) is 0 Å². The summed E-state index contributed by atoms with van der Waals surface area (Å²) >= 11 is 0. The molecule has 0 unspecified atom stereocenters. The zero-order valence-electron chi connectivity index (χ0n) is 10.9. The van der Waals surface area contributed by atoms with Gasteiger partial charge in [-0.3, -0.25) is 0 Å². The molecule has 0 atom stereocenters. The number of benzene rings is 2. The van der Waals surface area contributed by atoms with E-state index in [4.69, 9.17) is 0 Å². The summed E-state index contributed by atoms with van der Waals surface area (Å²) in [5.74, 6) is 0. The van der Waals surface area contributed by atoms with Gasteiger partial charge in [0.25, 0.3) is 0 Å². The molecule has 0 aliphatic carbocycles. The van der Waals surface area contributed by atoms with Gasteiger partial charge < -0.3 is 0 Å². The molecule has 0 saturated heterocycles. The third-order valence-electron chi connectivity index (χ3n) is 4.12. The average Bonchev–Trinajstić information content (AvgIpc) is 2.41. The van der Waals surface area contributed by atoms with Gasteiger partial charge in [-0.2, -0.15) is 0 Å². The number of hydrogen-bond donors (Lipinski definition) is 0. The zero-order valence-corrected chi connectivity index (χ0v) is 11.8. The van der Waals surface area contributed by atoms with Crippen LogP contribution in [0.5, 0.6) is 0 Å². The van der Waals surface area contributed by atoms with Crippen LogP contribution in [0.1, 0.15) is 6.92 Å². The van der Waals surface area contributed by atoms with Crippen molar-refractivity contribution in [3.05, 3.63) is 60.7 Å². The molecule has 17 heavy (non-hydrogen) atoms. The van der Waals surface area contributed by atoms with E-state index in [0.29, 0.717) is 0 Å². The SMILES string of the molecule is CCP(C)(C)(c1ccccc1)c1ccccc1. The van der Waals surface area contributed by atoms with Crippen LogP contribution in [0, 0.1) is 0 Å². The van der Waals surface area contributed by atoms with Crippen LogP contribution < -0.4 is 10.6 Å². The predicted molar refractivity (Wildman–Crippen MR) is 81.5 cm³/mol. The Morgan fingerprint density at radius 1 is 0.706 bits per heavy atom. The molecule has 0 bridgehead atoms. The first-order valence-corrected chi connectivity index (χ1v) is 9.50. The summed E-state index contributed by atoms with van der Waals surface area (Å²) in [7, 11) is 0. The zero-order chi connectivity index (χ0) is 12.4. The molecule has 0 fully saturated rings. The Balaban J connectivity index is 2.65. The van der Waals surface area contributed by atoms with E-state index in [1.165, 1.54) is 16.8 Å². The molecule has 0 aliphatic heterocycles. The van der Waals surface area contributed by atoms with Crippen LogP contribution in [0.3, 0.4) is 0 Å². The summed E-state index contributed by atoms with van der Waals surface area (Å²) in [6.07, 6.45) is 1.21. The second-order valence-electron chi connectivity index (χ2n) is 5.39. The first-order valence-electron chi connectivity index (χ1n) is 6.19. The molecule has 0 spiro atoms. The molecule has 90 valence electrons. The topological polar surface area (TPSA) is 0 Å². The average molecular weight is 244 g/mol. The van der Waals surface area contributed by atoms with Crippen molar-refractivity contribution >= 4 is 17.2 Å². The Hall–Kier alpha value is -1.13. The first-order chi connectivity index (χ1) is 8.07. The van der Waals surface area contributed by atoms with Crippen molar-refractivity contribution in [3.63, 3.8) is 0 Å².